The smallest absolute Gasteiger partial charge is 0.349 e. The molecule has 0 heterocycles. The van der Waals surface area contributed by atoms with Gasteiger partial charge in [0.1, 0.15) is 6.61 Å². The molecule has 88 valence electrons. The van der Waals surface area contributed by atoms with Crippen molar-refractivity contribution in [1.82, 2.24) is 0 Å². The van der Waals surface area contributed by atoms with Gasteiger partial charge in [-0.15, -0.1) is 0 Å². The van der Waals surface area contributed by atoms with E-state index in [9.17, 15) is 9.18 Å². The van der Waals surface area contributed by atoms with Gasteiger partial charge in [0, 0.05) is 0 Å². The second-order valence-electron chi connectivity index (χ2n) is 2.99. The van der Waals surface area contributed by atoms with E-state index < -0.39 is 11.6 Å². The van der Waals surface area contributed by atoms with Crippen molar-refractivity contribution in [2.75, 3.05) is 13.2 Å². The van der Waals surface area contributed by atoms with Gasteiger partial charge in [-0.2, -0.15) is 0 Å². The maximum absolute atomic E-state index is 14.0. The first-order valence-corrected chi connectivity index (χ1v) is 5.13. The van der Waals surface area contributed by atoms with Crippen LogP contribution in [0.25, 0.3) is 0 Å². The van der Waals surface area contributed by atoms with Gasteiger partial charge in [-0.05, 0) is 20.3 Å². The normalized spacial score (nSPS) is 14.9. The molecule has 5 heteroatoms. The van der Waals surface area contributed by atoms with Crippen LogP contribution in [0.5, 0.6) is 0 Å². The van der Waals surface area contributed by atoms with E-state index in [-0.39, 0.29) is 13.0 Å². The SMILES string of the molecule is CCCC(F)(C=NOCC)C(=O)OCC. The molecular formula is C10H18FNO3. The Morgan fingerprint density at radius 3 is 2.53 bits per heavy atom. The summed E-state index contributed by atoms with van der Waals surface area (Å²) in [6.07, 6.45) is 1.44. The molecule has 0 fully saturated rings. The summed E-state index contributed by atoms with van der Waals surface area (Å²) >= 11 is 0. The maximum Gasteiger partial charge on any atom is 0.349 e. The zero-order chi connectivity index (χ0) is 11.7. The van der Waals surface area contributed by atoms with Gasteiger partial charge in [-0.1, -0.05) is 18.5 Å². The van der Waals surface area contributed by atoms with Crippen molar-refractivity contribution in [3.05, 3.63) is 0 Å². The van der Waals surface area contributed by atoms with Crippen LogP contribution in [0.3, 0.4) is 0 Å². The summed E-state index contributed by atoms with van der Waals surface area (Å²) in [5.41, 5.74) is -2.17. The second-order valence-corrected chi connectivity index (χ2v) is 2.99. The standard InChI is InChI=1S/C10H18FNO3/c1-4-7-10(11,8-12-15-6-3)9(13)14-5-2/h8H,4-7H2,1-3H3. The van der Waals surface area contributed by atoms with E-state index in [4.69, 9.17) is 0 Å². The summed E-state index contributed by atoms with van der Waals surface area (Å²) in [4.78, 5) is 15.9. The Hall–Kier alpha value is -1.13. The molecule has 0 saturated heterocycles. The molecule has 0 radical (unpaired) electrons. The minimum Gasteiger partial charge on any atom is -0.463 e. The van der Waals surface area contributed by atoms with Gasteiger partial charge >= 0.3 is 5.97 Å². The zero-order valence-electron chi connectivity index (χ0n) is 9.46. The molecule has 0 bridgehead atoms. The Morgan fingerprint density at radius 1 is 1.40 bits per heavy atom. The lowest BCUT2D eigenvalue weighted by atomic mass is 10.0. The summed E-state index contributed by atoms with van der Waals surface area (Å²) in [6, 6.07) is 0. The Morgan fingerprint density at radius 2 is 2.07 bits per heavy atom. The van der Waals surface area contributed by atoms with Gasteiger partial charge in [-0.25, -0.2) is 9.18 Å². The topological polar surface area (TPSA) is 47.9 Å². The van der Waals surface area contributed by atoms with Crippen molar-refractivity contribution in [3.8, 4) is 0 Å². The summed E-state index contributed by atoms with van der Waals surface area (Å²) in [5, 5.41) is 3.38. The van der Waals surface area contributed by atoms with Gasteiger partial charge in [0.05, 0.1) is 12.8 Å². The molecule has 0 aliphatic rings. The van der Waals surface area contributed by atoms with Crippen LogP contribution < -0.4 is 0 Å². The number of halogens is 1. The monoisotopic (exact) mass is 219 g/mol. The number of esters is 1. The zero-order valence-corrected chi connectivity index (χ0v) is 9.46. The van der Waals surface area contributed by atoms with Crippen LogP contribution in [-0.4, -0.2) is 31.1 Å². The average Bonchev–Trinajstić information content (AvgIpc) is 2.19. The van der Waals surface area contributed by atoms with E-state index in [0.717, 1.165) is 6.21 Å². The van der Waals surface area contributed by atoms with Gasteiger partial charge < -0.3 is 9.57 Å². The van der Waals surface area contributed by atoms with Crippen LogP contribution in [-0.2, 0) is 14.4 Å². The van der Waals surface area contributed by atoms with Crippen molar-refractivity contribution in [3.63, 3.8) is 0 Å². The molecule has 0 aliphatic heterocycles. The summed E-state index contributed by atoms with van der Waals surface area (Å²) in [7, 11) is 0. The predicted octanol–water partition coefficient (Wildman–Crippen LogP) is 2.08. The Bertz CT molecular complexity index is 221. The molecule has 0 aliphatic carbocycles. The summed E-state index contributed by atoms with van der Waals surface area (Å²) < 4.78 is 18.6. The lowest BCUT2D eigenvalue weighted by molar-refractivity contribution is -0.152. The molecular weight excluding hydrogens is 201 g/mol. The first-order valence-electron chi connectivity index (χ1n) is 5.13. The molecule has 0 amide bonds. The van der Waals surface area contributed by atoms with Crippen LogP contribution in [0.4, 0.5) is 4.39 Å². The highest BCUT2D eigenvalue weighted by atomic mass is 19.1. The van der Waals surface area contributed by atoms with Crippen LogP contribution in [0, 0.1) is 0 Å². The molecule has 0 spiro atoms. The van der Waals surface area contributed by atoms with Crippen molar-refractivity contribution in [2.45, 2.75) is 39.3 Å². The number of alkyl halides is 1. The fourth-order valence-corrected chi connectivity index (χ4v) is 1.03. The molecule has 4 nitrogen and oxygen atoms in total. The highest BCUT2D eigenvalue weighted by Crippen LogP contribution is 2.18. The number of hydrogen-bond donors (Lipinski definition) is 0. The number of ether oxygens (including phenoxy) is 1. The summed E-state index contributed by atoms with van der Waals surface area (Å²) in [6.45, 7) is 5.62. The maximum atomic E-state index is 14.0. The Labute approximate surface area is 89.4 Å². The van der Waals surface area contributed by atoms with Crippen LogP contribution in [0.1, 0.15) is 33.6 Å². The Balaban J connectivity index is 4.49. The van der Waals surface area contributed by atoms with Crippen molar-refractivity contribution >= 4 is 12.2 Å². The van der Waals surface area contributed by atoms with Crippen molar-refractivity contribution < 1.29 is 18.8 Å². The minimum absolute atomic E-state index is 0.0441. The molecule has 1 atom stereocenters. The van der Waals surface area contributed by atoms with E-state index >= 15 is 0 Å². The van der Waals surface area contributed by atoms with Gasteiger partial charge in [-0.3, -0.25) is 0 Å². The first kappa shape index (κ1) is 13.9. The number of carbonyl (C=O) groups is 1. The Kier molecular flexibility index (Phi) is 6.66. The molecule has 0 aromatic heterocycles. The molecule has 0 saturated carbocycles. The van der Waals surface area contributed by atoms with E-state index in [1.54, 1.807) is 20.8 Å². The van der Waals surface area contributed by atoms with Crippen LogP contribution in [0.2, 0.25) is 0 Å². The number of carbonyl (C=O) groups excluding carboxylic acids is 1. The van der Waals surface area contributed by atoms with Crippen LogP contribution >= 0.6 is 0 Å². The van der Waals surface area contributed by atoms with Crippen molar-refractivity contribution in [1.29, 1.82) is 0 Å². The third kappa shape index (κ3) is 4.76. The molecule has 0 N–H and O–H groups in total. The lowest BCUT2D eigenvalue weighted by Gasteiger charge is -2.17. The average molecular weight is 219 g/mol. The largest absolute Gasteiger partial charge is 0.463 e. The highest BCUT2D eigenvalue weighted by molar-refractivity contribution is 5.98. The molecule has 0 rings (SSSR count). The second kappa shape index (κ2) is 7.20. The molecule has 0 aromatic rings. The van der Waals surface area contributed by atoms with Crippen LogP contribution in [0.15, 0.2) is 5.16 Å². The molecule has 0 aromatic carbocycles. The summed E-state index contributed by atoms with van der Waals surface area (Å²) in [5.74, 6) is -0.907. The quantitative estimate of drug-likeness (QED) is 0.374. The highest BCUT2D eigenvalue weighted by Gasteiger charge is 2.38. The van der Waals surface area contributed by atoms with Crippen molar-refractivity contribution in [2.24, 2.45) is 5.16 Å². The minimum atomic E-state index is -2.17. The number of rotatable bonds is 7. The third-order valence-corrected chi connectivity index (χ3v) is 1.69. The van der Waals surface area contributed by atoms with E-state index in [1.807, 2.05) is 0 Å². The fourth-order valence-electron chi connectivity index (χ4n) is 1.03. The number of hydrogen-bond acceptors (Lipinski definition) is 4. The third-order valence-electron chi connectivity index (χ3n) is 1.69. The van der Waals surface area contributed by atoms with Gasteiger partial charge in [0.25, 0.3) is 0 Å². The molecule has 15 heavy (non-hydrogen) atoms. The van der Waals surface area contributed by atoms with E-state index in [2.05, 4.69) is 14.7 Å². The van der Waals surface area contributed by atoms with Gasteiger partial charge in [0.2, 0.25) is 5.67 Å². The van der Waals surface area contributed by atoms with Gasteiger partial charge in [0.15, 0.2) is 0 Å². The molecule has 1 unspecified atom stereocenters. The number of nitrogens with zero attached hydrogens (tertiary/aromatic N) is 1. The van der Waals surface area contributed by atoms with E-state index in [1.165, 1.54) is 0 Å². The first-order chi connectivity index (χ1) is 7.10. The predicted molar refractivity (Wildman–Crippen MR) is 55.5 cm³/mol. The fraction of sp³-hybridized carbons (Fsp3) is 0.800. The van der Waals surface area contributed by atoms with E-state index in [0.29, 0.717) is 13.0 Å². The number of oxime groups is 1. The lowest BCUT2D eigenvalue weighted by Crippen LogP contribution is -2.37.